The topological polar surface area (TPSA) is 50.8 Å². The van der Waals surface area contributed by atoms with Crippen molar-refractivity contribution >= 4 is 11.7 Å². The van der Waals surface area contributed by atoms with Crippen molar-refractivity contribution in [3.8, 4) is 11.5 Å². The van der Waals surface area contributed by atoms with Crippen LogP contribution in [0.1, 0.15) is 31.4 Å². The van der Waals surface area contributed by atoms with Crippen LogP contribution < -0.4 is 14.8 Å². The summed E-state index contributed by atoms with van der Waals surface area (Å²) in [6.07, 6.45) is 1.98. The Morgan fingerprint density at radius 1 is 1.12 bits per heavy atom. The first-order valence-electron chi connectivity index (χ1n) is 8.65. The van der Waals surface area contributed by atoms with Crippen LogP contribution in [0.2, 0.25) is 0 Å². The smallest absolute Gasteiger partial charge is 0.322 e. The molecule has 0 radical (unpaired) electrons. The lowest BCUT2D eigenvalue weighted by atomic mass is 10.0. The highest BCUT2D eigenvalue weighted by Gasteiger charge is 2.30. The molecular formula is C20H24N2O3. The van der Waals surface area contributed by atoms with Crippen molar-refractivity contribution in [2.24, 2.45) is 0 Å². The van der Waals surface area contributed by atoms with Crippen LogP contribution in [0.4, 0.5) is 10.5 Å². The number of amides is 2. The summed E-state index contributed by atoms with van der Waals surface area (Å²) in [6, 6.07) is 15.4. The molecule has 0 saturated carbocycles. The minimum atomic E-state index is -0.0672. The zero-order valence-electron chi connectivity index (χ0n) is 14.7. The van der Waals surface area contributed by atoms with E-state index in [0.29, 0.717) is 6.61 Å². The van der Waals surface area contributed by atoms with Crippen LogP contribution in [-0.4, -0.2) is 31.2 Å². The van der Waals surface area contributed by atoms with Crippen molar-refractivity contribution in [1.29, 1.82) is 0 Å². The van der Waals surface area contributed by atoms with Crippen molar-refractivity contribution in [3.63, 3.8) is 0 Å². The number of methoxy groups -OCH3 is 1. The third kappa shape index (κ3) is 4.05. The summed E-state index contributed by atoms with van der Waals surface area (Å²) in [5.74, 6) is 1.63. The van der Waals surface area contributed by atoms with Gasteiger partial charge in [-0.25, -0.2) is 4.79 Å². The first kappa shape index (κ1) is 17.1. The number of anilines is 1. The summed E-state index contributed by atoms with van der Waals surface area (Å²) in [6.45, 7) is 3.34. The van der Waals surface area contributed by atoms with Crippen molar-refractivity contribution in [2.45, 2.75) is 25.8 Å². The predicted octanol–water partition coefficient (Wildman–Crippen LogP) is 4.46. The van der Waals surface area contributed by atoms with E-state index in [1.54, 1.807) is 7.11 Å². The Hall–Kier alpha value is -2.69. The number of likely N-dealkylation sites (tertiary alicyclic amines) is 1. The Labute approximate surface area is 148 Å². The molecule has 3 rings (SSSR count). The average Bonchev–Trinajstić information content (AvgIpc) is 3.13. The second-order valence-electron chi connectivity index (χ2n) is 6.01. The molecule has 2 amide bonds. The monoisotopic (exact) mass is 340 g/mol. The third-order valence-electron chi connectivity index (χ3n) is 4.43. The van der Waals surface area contributed by atoms with E-state index in [9.17, 15) is 4.79 Å². The van der Waals surface area contributed by atoms with Crippen molar-refractivity contribution in [2.75, 3.05) is 25.6 Å². The van der Waals surface area contributed by atoms with Crippen LogP contribution in [0.5, 0.6) is 11.5 Å². The highest BCUT2D eigenvalue weighted by Crippen LogP contribution is 2.33. The van der Waals surface area contributed by atoms with Gasteiger partial charge in [0.25, 0.3) is 0 Å². The Bertz CT molecular complexity index is 698. The van der Waals surface area contributed by atoms with Gasteiger partial charge in [-0.15, -0.1) is 0 Å². The number of carbonyl (C=O) groups excluding carboxylic acids is 1. The second kappa shape index (κ2) is 7.92. The fraction of sp³-hybridized carbons (Fsp3) is 0.350. The van der Waals surface area contributed by atoms with Gasteiger partial charge >= 0.3 is 6.03 Å². The lowest BCUT2D eigenvalue weighted by Crippen LogP contribution is -2.34. The molecule has 1 atom stereocenters. The van der Waals surface area contributed by atoms with Gasteiger partial charge in [0.15, 0.2) is 0 Å². The summed E-state index contributed by atoms with van der Waals surface area (Å²) < 4.78 is 10.6. The lowest BCUT2D eigenvalue weighted by molar-refractivity contribution is 0.207. The second-order valence-corrected chi connectivity index (χ2v) is 6.01. The molecule has 1 saturated heterocycles. The summed E-state index contributed by atoms with van der Waals surface area (Å²) >= 11 is 0. The van der Waals surface area contributed by atoms with E-state index in [2.05, 4.69) is 5.32 Å². The SMILES string of the molecule is CCOc1ccc(NC(=O)N2CCC[C@@H]2c2ccc(OC)cc2)cc1. The summed E-state index contributed by atoms with van der Waals surface area (Å²) in [7, 11) is 1.65. The molecule has 0 aliphatic carbocycles. The molecule has 0 spiro atoms. The summed E-state index contributed by atoms with van der Waals surface area (Å²) in [5.41, 5.74) is 1.91. The van der Waals surface area contributed by atoms with Gasteiger partial charge in [-0.1, -0.05) is 12.1 Å². The fourth-order valence-corrected chi connectivity index (χ4v) is 3.18. The number of hydrogen-bond donors (Lipinski definition) is 1. The lowest BCUT2D eigenvalue weighted by Gasteiger charge is -2.25. The number of hydrogen-bond acceptors (Lipinski definition) is 3. The molecule has 1 N–H and O–H groups in total. The molecule has 1 aliphatic heterocycles. The Morgan fingerprint density at radius 2 is 1.80 bits per heavy atom. The van der Waals surface area contributed by atoms with E-state index < -0.39 is 0 Å². The minimum absolute atomic E-state index is 0.0672. The minimum Gasteiger partial charge on any atom is -0.497 e. The number of benzene rings is 2. The predicted molar refractivity (Wildman–Crippen MR) is 98.3 cm³/mol. The molecule has 0 bridgehead atoms. The van der Waals surface area contributed by atoms with Gasteiger partial charge in [0.1, 0.15) is 11.5 Å². The van der Waals surface area contributed by atoms with Gasteiger partial charge in [0.2, 0.25) is 0 Å². The Balaban J connectivity index is 1.67. The highest BCUT2D eigenvalue weighted by atomic mass is 16.5. The van der Waals surface area contributed by atoms with Crippen molar-refractivity contribution in [3.05, 3.63) is 54.1 Å². The largest absolute Gasteiger partial charge is 0.497 e. The van der Waals surface area contributed by atoms with Crippen LogP contribution >= 0.6 is 0 Å². The maximum absolute atomic E-state index is 12.7. The zero-order valence-corrected chi connectivity index (χ0v) is 14.7. The van der Waals surface area contributed by atoms with Crippen LogP contribution in [0.3, 0.4) is 0 Å². The van der Waals surface area contributed by atoms with Crippen LogP contribution in [0.25, 0.3) is 0 Å². The Kier molecular flexibility index (Phi) is 5.43. The van der Waals surface area contributed by atoms with Crippen molar-refractivity contribution in [1.82, 2.24) is 4.90 Å². The first-order chi connectivity index (χ1) is 12.2. The zero-order chi connectivity index (χ0) is 17.6. The molecule has 0 unspecified atom stereocenters. The van der Waals surface area contributed by atoms with E-state index >= 15 is 0 Å². The number of rotatable bonds is 5. The molecule has 0 aromatic heterocycles. The van der Waals surface area contributed by atoms with Gasteiger partial charge in [0, 0.05) is 12.2 Å². The van der Waals surface area contributed by atoms with Gasteiger partial charge in [0.05, 0.1) is 19.8 Å². The summed E-state index contributed by atoms with van der Waals surface area (Å²) in [5, 5.41) is 2.98. The molecule has 1 heterocycles. The van der Waals surface area contributed by atoms with Gasteiger partial charge in [-0.2, -0.15) is 0 Å². The Morgan fingerprint density at radius 3 is 2.44 bits per heavy atom. The number of nitrogens with zero attached hydrogens (tertiary/aromatic N) is 1. The first-order valence-corrected chi connectivity index (χ1v) is 8.65. The number of nitrogens with one attached hydrogen (secondary N) is 1. The fourth-order valence-electron chi connectivity index (χ4n) is 3.18. The normalized spacial score (nSPS) is 16.6. The van der Waals surface area contributed by atoms with Crippen molar-refractivity contribution < 1.29 is 14.3 Å². The molecule has 5 heteroatoms. The molecule has 2 aromatic carbocycles. The van der Waals surface area contributed by atoms with Gasteiger partial charge in [-0.05, 0) is 61.7 Å². The van der Waals surface area contributed by atoms with E-state index in [1.165, 1.54) is 0 Å². The molecule has 2 aromatic rings. The van der Waals surface area contributed by atoms with Gasteiger partial charge in [-0.3, -0.25) is 0 Å². The third-order valence-corrected chi connectivity index (χ3v) is 4.43. The molecule has 25 heavy (non-hydrogen) atoms. The molecule has 1 aliphatic rings. The maximum atomic E-state index is 12.7. The summed E-state index contributed by atoms with van der Waals surface area (Å²) in [4.78, 5) is 14.6. The average molecular weight is 340 g/mol. The van der Waals surface area contributed by atoms with Crippen LogP contribution in [-0.2, 0) is 0 Å². The molecule has 132 valence electrons. The maximum Gasteiger partial charge on any atom is 0.322 e. The number of ether oxygens (including phenoxy) is 2. The van der Waals surface area contributed by atoms with Crippen LogP contribution in [0.15, 0.2) is 48.5 Å². The highest BCUT2D eigenvalue weighted by molar-refractivity contribution is 5.89. The van der Waals surface area contributed by atoms with E-state index in [0.717, 1.165) is 42.1 Å². The molecule has 1 fully saturated rings. The molecular weight excluding hydrogens is 316 g/mol. The van der Waals surface area contributed by atoms with E-state index in [1.807, 2.05) is 60.4 Å². The van der Waals surface area contributed by atoms with Crippen LogP contribution in [0, 0.1) is 0 Å². The van der Waals surface area contributed by atoms with E-state index in [4.69, 9.17) is 9.47 Å². The van der Waals surface area contributed by atoms with Gasteiger partial charge < -0.3 is 19.7 Å². The standard InChI is InChI=1S/C20H24N2O3/c1-3-25-18-12-8-16(9-13-18)21-20(23)22-14-4-5-19(22)15-6-10-17(24-2)11-7-15/h6-13,19H,3-5,14H2,1-2H3,(H,21,23)/t19-/m1/s1. The quantitative estimate of drug-likeness (QED) is 0.874. The number of urea groups is 1. The van der Waals surface area contributed by atoms with E-state index in [-0.39, 0.29) is 12.1 Å². The number of carbonyl (C=O) groups is 1. The molecule has 5 nitrogen and oxygen atoms in total.